The van der Waals surface area contributed by atoms with Crippen molar-refractivity contribution in [2.45, 2.75) is 38.6 Å². The highest BCUT2D eigenvalue weighted by Crippen LogP contribution is 2.25. The van der Waals surface area contributed by atoms with Gasteiger partial charge in [-0.2, -0.15) is 5.26 Å². The van der Waals surface area contributed by atoms with Gasteiger partial charge in [0.2, 0.25) is 5.91 Å². The minimum atomic E-state index is -0.627. The van der Waals surface area contributed by atoms with Crippen molar-refractivity contribution in [3.8, 4) is 11.8 Å². The first-order valence-electron chi connectivity index (χ1n) is 10.4. The lowest BCUT2D eigenvalue weighted by molar-refractivity contribution is -0.385. The number of nitriles is 1. The first-order chi connectivity index (χ1) is 15.4. The first kappa shape index (κ1) is 22.7. The van der Waals surface area contributed by atoms with Gasteiger partial charge in [-0.1, -0.05) is 6.07 Å². The molecule has 3 rings (SSSR count). The van der Waals surface area contributed by atoms with E-state index in [0.717, 1.165) is 0 Å². The molecule has 9 nitrogen and oxygen atoms in total. The Morgan fingerprint density at radius 3 is 2.84 bits per heavy atom. The van der Waals surface area contributed by atoms with Crippen molar-refractivity contribution in [1.82, 2.24) is 4.90 Å². The zero-order chi connectivity index (χ0) is 23.1. The average molecular weight is 436 g/mol. The van der Waals surface area contributed by atoms with Crippen LogP contribution in [-0.2, 0) is 4.79 Å². The third-order valence-electron chi connectivity index (χ3n) is 5.26. The second-order valence-electron chi connectivity index (χ2n) is 7.54. The van der Waals surface area contributed by atoms with Crippen LogP contribution in [0.1, 0.15) is 41.6 Å². The van der Waals surface area contributed by atoms with Gasteiger partial charge in [-0.25, -0.2) is 0 Å². The maximum Gasteiger partial charge on any atom is 0.272 e. The fraction of sp³-hybridized carbons (Fsp3) is 0.348. The number of hydrogen-bond acceptors (Lipinski definition) is 6. The van der Waals surface area contributed by atoms with E-state index >= 15 is 0 Å². The molecule has 0 radical (unpaired) electrons. The molecule has 166 valence electrons. The van der Waals surface area contributed by atoms with Crippen LogP contribution in [0.4, 0.5) is 11.4 Å². The zero-order valence-corrected chi connectivity index (χ0v) is 17.7. The summed E-state index contributed by atoms with van der Waals surface area (Å²) in [7, 11) is 0. The number of nitrogens with one attached hydrogen (secondary N) is 1. The Kier molecular flexibility index (Phi) is 7.39. The predicted octanol–water partition coefficient (Wildman–Crippen LogP) is 3.83. The number of carbonyl (C=O) groups excluding carboxylic acids is 2. The molecule has 2 amide bonds. The fourth-order valence-corrected chi connectivity index (χ4v) is 3.67. The molecule has 1 aliphatic heterocycles. The molecule has 1 saturated heterocycles. The van der Waals surface area contributed by atoms with Crippen LogP contribution >= 0.6 is 0 Å². The number of nitro groups is 1. The summed E-state index contributed by atoms with van der Waals surface area (Å²) in [6.45, 7) is 2.43. The number of unbranched alkanes of at least 4 members (excludes halogenated alkanes) is 1. The highest BCUT2D eigenvalue weighted by molar-refractivity contribution is 6.01. The molecule has 1 unspecified atom stereocenters. The molecule has 1 N–H and O–H groups in total. The van der Waals surface area contributed by atoms with Crippen LogP contribution in [0.2, 0.25) is 0 Å². The van der Waals surface area contributed by atoms with Gasteiger partial charge in [0, 0.05) is 41.9 Å². The number of ether oxygens (including phenoxy) is 1. The van der Waals surface area contributed by atoms with E-state index in [9.17, 15) is 19.7 Å². The van der Waals surface area contributed by atoms with E-state index in [0.29, 0.717) is 61.4 Å². The average Bonchev–Trinajstić information content (AvgIpc) is 3.26. The van der Waals surface area contributed by atoms with Crippen LogP contribution in [-0.4, -0.2) is 40.8 Å². The van der Waals surface area contributed by atoms with E-state index in [1.807, 2.05) is 0 Å². The summed E-state index contributed by atoms with van der Waals surface area (Å²) in [6, 6.07) is 12.6. The van der Waals surface area contributed by atoms with Crippen molar-refractivity contribution in [3.63, 3.8) is 0 Å². The molecule has 9 heteroatoms. The standard InChI is InChI=1S/C23H24N4O5/c1-16-14-17(9-10-20(16)27(30)31)23(29)26-12-5-8-21(26)22(28)25-18-6-4-7-19(15-18)32-13-3-2-11-24/h4,6-7,9-10,14-15,21H,2-3,5,8,12-13H2,1H3,(H,25,28). The molecule has 2 aromatic rings. The van der Waals surface area contributed by atoms with Gasteiger partial charge >= 0.3 is 0 Å². The smallest absolute Gasteiger partial charge is 0.272 e. The topological polar surface area (TPSA) is 126 Å². The first-order valence-corrected chi connectivity index (χ1v) is 10.4. The van der Waals surface area contributed by atoms with Crippen molar-refractivity contribution in [2.75, 3.05) is 18.5 Å². The second-order valence-corrected chi connectivity index (χ2v) is 7.54. The maximum absolute atomic E-state index is 13.0. The van der Waals surface area contributed by atoms with Crippen molar-refractivity contribution in [3.05, 3.63) is 63.7 Å². The van der Waals surface area contributed by atoms with Crippen LogP contribution < -0.4 is 10.1 Å². The Bertz CT molecular complexity index is 1060. The van der Waals surface area contributed by atoms with Gasteiger partial charge in [0.25, 0.3) is 11.6 Å². The zero-order valence-electron chi connectivity index (χ0n) is 17.7. The molecular weight excluding hydrogens is 412 g/mol. The maximum atomic E-state index is 13.0. The van der Waals surface area contributed by atoms with E-state index in [1.54, 1.807) is 31.2 Å². The number of hydrogen-bond donors (Lipinski definition) is 1. The monoisotopic (exact) mass is 436 g/mol. The third-order valence-corrected chi connectivity index (χ3v) is 5.26. The number of benzene rings is 2. The minimum absolute atomic E-state index is 0.0491. The van der Waals surface area contributed by atoms with E-state index in [4.69, 9.17) is 10.00 Å². The summed E-state index contributed by atoms with van der Waals surface area (Å²) in [5.41, 5.74) is 1.22. The minimum Gasteiger partial charge on any atom is -0.493 e. The quantitative estimate of drug-likeness (QED) is 0.381. The number of aryl methyl sites for hydroxylation is 1. The van der Waals surface area contributed by atoms with Gasteiger partial charge < -0.3 is 15.0 Å². The summed E-state index contributed by atoms with van der Waals surface area (Å²) >= 11 is 0. The van der Waals surface area contributed by atoms with Gasteiger partial charge in [0.15, 0.2) is 0 Å². The van der Waals surface area contributed by atoms with E-state index in [-0.39, 0.29) is 17.5 Å². The summed E-state index contributed by atoms with van der Waals surface area (Å²) in [6.07, 6.45) is 2.26. The van der Waals surface area contributed by atoms with Crippen LogP contribution in [0.15, 0.2) is 42.5 Å². The number of nitro benzene ring substituents is 1. The number of likely N-dealkylation sites (tertiary alicyclic amines) is 1. The van der Waals surface area contributed by atoms with Crippen LogP contribution in [0.25, 0.3) is 0 Å². The summed E-state index contributed by atoms with van der Waals surface area (Å²) in [5, 5.41) is 22.4. The Balaban J connectivity index is 1.67. The number of anilines is 1. The number of amides is 2. The lowest BCUT2D eigenvalue weighted by Crippen LogP contribution is -2.43. The van der Waals surface area contributed by atoms with Gasteiger partial charge in [0.1, 0.15) is 11.8 Å². The largest absolute Gasteiger partial charge is 0.493 e. The number of rotatable bonds is 8. The van der Waals surface area contributed by atoms with Crippen molar-refractivity contribution in [1.29, 1.82) is 5.26 Å². The molecule has 0 bridgehead atoms. The molecule has 1 fully saturated rings. The summed E-state index contributed by atoms with van der Waals surface area (Å²) in [5.74, 6) is -0.0345. The molecule has 0 aromatic heterocycles. The van der Waals surface area contributed by atoms with Crippen LogP contribution in [0.3, 0.4) is 0 Å². The number of carbonyl (C=O) groups is 2. The van der Waals surface area contributed by atoms with E-state index in [1.165, 1.54) is 23.1 Å². The van der Waals surface area contributed by atoms with Gasteiger partial charge in [-0.05, 0) is 50.5 Å². The Morgan fingerprint density at radius 2 is 2.12 bits per heavy atom. The van der Waals surface area contributed by atoms with Crippen LogP contribution in [0.5, 0.6) is 5.75 Å². The molecule has 32 heavy (non-hydrogen) atoms. The molecule has 0 spiro atoms. The van der Waals surface area contributed by atoms with Gasteiger partial charge in [-0.15, -0.1) is 0 Å². The predicted molar refractivity (Wildman–Crippen MR) is 117 cm³/mol. The molecule has 1 aliphatic rings. The van der Waals surface area contributed by atoms with Crippen molar-refractivity contribution < 1.29 is 19.2 Å². The Labute approximate surface area is 185 Å². The SMILES string of the molecule is Cc1cc(C(=O)N2CCCC2C(=O)Nc2cccc(OCCCC#N)c2)ccc1[N+](=O)[O-]. The van der Waals surface area contributed by atoms with Crippen molar-refractivity contribution in [2.24, 2.45) is 0 Å². The van der Waals surface area contributed by atoms with Crippen LogP contribution in [0, 0.1) is 28.4 Å². The fourth-order valence-electron chi connectivity index (χ4n) is 3.67. The molecule has 1 atom stereocenters. The molecule has 0 saturated carbocycles. The van der Waals surface area contributed by atoms with E-state index in [2.05, 4.69) is 11.4 Å². The van der Waals surface area contributed by atoms with Gasteiger partial charge in [-0.3, -0.25) is 19.7 Å². The lowest BCUT2D eigenvalue weighted by Gasteiger charge is -2.24. The normalized spacial score (nSPS) is 15.1. The summed E-state index contributed by atoms with van der Waals surface area (Å²) in [4.78, 5) is 38.0. The highest BCUT2D eigenvalue weighted by Gasteiger charge is 2.35. The highest BCUT2D eigenvalue weighted by atomic mass is 16.6. The molecule has 1 heterocycles. The second kappa shape index (κ2) is 10.4. The number of nitrogens with zero attached hydrogens (tertiary/aromatic N) is 3. The lowest BCUT2D eigenvalue weighted by atomic mass is 10.1. The Morgan fingerprint density at radius 1 is 1.31 bits per heavy atom. The molecule has 2 aromatic carbocycles. The van der Waals surface area contributed by atoms with Gasteiger partial charge in [0.05, 0.1) is 17.6 Å². The van der Waals surface area contributed by atoms with Crippen molar-refractivity contribution >= 4 is 23.2 Å². The molecular formula is C23H24N4O5. The molecule has 0 aliphatic carbocycles. The van der Waals surface area contributed by atoms with E-state index < -0.39 is 11.0 Å². The third kappa shape index (κ3) is 5.40. The summed E-state index contributed by atoms with van der Waals surface area (Å²) < 4.78 is 5.60. The Hall–Kier alpha value is -3.93.